The number of nitrogens with one attached hydrogen (secondary N) is 2. The lowest BCUT2D eigenvalue weighted by Gasteiger charge is -2.30. The maximum absolute atomic E-state index is 13.3. The molecule has 0 spiro atoms. The van der Waals surface area contributed by atoms with Gasteiger partial charge in [-0.05, 0) is 56.5 Å². The number of pyridine rings is 1. The summed E-state index contributed by atoms with van der Waals surface area (Å²) in [6.07, 6.45) is 1.94. The molecule has 3 aromatic rings. The van der Waals surface area contributed by atoms with Gasteiger partial charge in [-0.25, -0.2) is 4.39 Å². The number of aromatic nitrogens is 1. The summed E-state index contributed by atoms with van der Waals surface area (Å²) < 4.78 is 18.1. The molecule has 2 unspecified atom stereocenters. The Labute approximate surface area is 216 Å². The van der Waals surface area contributed by atoms with Crippen LogP contribution in [0.3, 0.4) is 0 Å². The lowest BCUT2D eigenvalue weighted by molar-refractivity contribution is -0.145. The maximum atomic E-state index is 13.3. The average Bonchev–Trinajstić information content (AvgIpc) is 2.89. The Bertz CT molecular complexity index is 1210. The van der Waals surface area contributed by atoms with Crippen LogP contribution >= 0.6 is 0 Å². The molecule has 8 heteroatoms. The van der Waals surface area contributed by atoms with Crippen LogP contribution < -0.4 is 10.6 Å². The molecule has 0 aliphatic carbocycles. The van der Waals surface area contributed by atoms with Gasteiger partial charge in [-0.2, -0.15) is 0 Å². The summed E-state index contributed by atoms with van der Waals surface area (Å²) in [5, 5.41) is 5.70. The molecule has 2 atom stereocenters. The van der Waals surface area contributed by atoms with E-state index >= 15 is 0 Å². The van der Waals surface area contributed by atoms with Crippen molar-refractivity contribution in [1.29, 1.82) is 0 Å². The summed E-state index contributed by atoms with van der Waals surface area (Å²) in [7, 11) is 1.28. The van der Waals surface area contributed by atoms with Gasteiger partial charge >= 0.3 is 5.97 Å². The molecule has 2 aromatic carbocycles. The third-order valence-corrected chi connectivity index (χ3v) is 5.93. The SMILES string of the molecule is COC(=O)C(C)CC(NC(=O)c1ccc(-c2ccccc2)nc1)C(=O)NC(C)(C)Cc1ccc(F)cc1. The topological polar surface area (TPSA) is 97.4 Å². The van der Waals surface area contributed by atoms with Crippen LogP contribution in [0.15, 0.2) is 72.9 Å². The zero-order chi connectivity index (χ0) is 27.0. The van der Waals surface area contributed by atoms with Gasteiger partial charge in [-0.1, -0.05) is 49.4 Å². The molecule has 7 nitrogen and oxygen atoms in total. The van der Waals surface area contributed by atoms with Crippen molar-refractivity contribution >= 4 is 17.8 Å². The predicted molar refractivity (Wildman–Crippen MR) is 139 cm³/mol. The highest BCUT2D eigenvalue weighted by atomic mass is 19.1. The molecular formula is C29H32FN3O4. The molecule has 3 rings (SSSR count). The van der Waals surface area contributed by atoms with Crippen molar-refractivity contribution in [1.82, 2.24) is 15.6 Å². The number of carbonyl (C=O) groups excluding carboxylic acids is 3. The van der Waals surface area contributed by atoms with Gasteiger partial charge in [-0.15, -0.1) is 0 Å². The summed E-state index contributed by atoms with van der Waals surface area (Å²) in [4.78, 5) is 42.8. The molecule has 0 bridgehead atoms. The Morgan fingerprint density at radius 1 is 1.00 bits per heavy atom. The zero-order valence-electron chi connectivity index (χ0n) is 21.5. The maximum Gasteiger partial charge on any atom is 0.308 e. The summed E-state index contributed by atoms with van der Waals surface area (Å²) in [6, 6.07) is 18.0. The van der Waals surface area contributed by atoms with Crippen molar-refractivity contribution in [3.8, 4) is 11.3 Å². The number of amides is 2. The normalized spacial score (nSPS) is 12.8. The lowest BCUT2D eigenvalue weighted by atomic mass is 9.93. The largest absolute Gasteiger partial charge is 0.469 e. The van der Waals surface area contributed by atoms with E-state index in [1.807, 2.05) is 44.2 Å². The zero-order valence-corrected chi connectivity index (χ0v) is 21.5. The van der Waals surface area contributed by atoms with Crippen LogP contribution in [0.1, 0.15) is 43.1 Å². The van der Waals surface area contributed by atoms with E-state index in [4.69, 9.17) is 4.74 Å². The van der Waals surface area contributed by atoms with Crippen LogP contribution in [0, 0.1) is 11.7 Å². The number of esters is 1. The number of benzene rings is 2. The number of hydrogen-bond donors (Lipinski definition) is 2. The number of carbonyl (C=O) groups is 3. The molecule has 0 aliphatic heterocycles. The summed E-state index contributed by atoms with van der Waals surface area (Å²) in [5.41, 5.74) is 2.06. The monoisotopic (exact) mass is 505 g/mol. The van der Waals surface area contributed by atoms with Gasteiger partial charge < -0.3 is 15.4 Å². The van der Waals surface area contributed by atoms with E-state index in [0.717, 1.165) is 11.1 Å². The second-order valence-corrected chi connectivity index (χ2v) is 9.66. The van der Waals surface area contributed by atoms with Gasteiger partial charge in [0.1, 0.15) is 11.9 Å². The molecule has 1 aromatic heterocycles. The van der Waals surface area contributed by atoms with Crippen molar-refractivity contribution < 1.29 is 23.5 Å². The van der Waals surface area contributed by atoms with Crippen LogP contribution in [0.25, 0.3) is 11.3 Å². The van der Waals surface area contributed by atoms with Crippen molar-refractivity contribution in [2.75, 3.05) is 7.11 Å². The minimum Gasteiger partial charge on any atom is -0.469 e. The number of hydrogen-bond acceptors (Lipinski definition) is 5. The molecule has 0 radical (unpaired) electrons. The molecule has 0 saturated carbocycles. The Balaban J connectivity index is 1.74. The first-order chi connectivity index (χ1) is 17.6. The molecule has 0 saturated heterocycles. The molecule has 1 heterocycles. The first-order valence-electron chi connectivity index (χ1n) is 12.0. The highest BCUT2D eigenvalue weighted by Gasteiger charge is 2.31. The summed E-state index contributed by atoms with van der Waals surface area (Å²) >= 11 is 0. The van der Waals surface area contributed by atoms with Gasteiger partial charge in [0.05, 0.1) is 24.3 Å². The van der Waals surface area contributed by atoms with Gasteiger partial charge in [0.15, 0.2) is 0 Å². The fraction of sp³-hybridized carbons (Fsp3) is 0.310. The standard InChI is InChI=1S/C29H32FN3O4/c1-19(28(36)37-4)16-25(27(35)33-29(2,3)17-20-10-13-23(30)14-11-20)32-26(34)22-12-15-24(31-18-22)21-8-6-5-7-9-21/h5-15,18-19,25H,16-17H2,1-4H3,(H,32,34)(H,33,35). The smallest absolute Gasteiger partial charge is 0.308 e. The first-order valence-corrected chi connectivity index (χ1v) is 12.0. The third kappa shape index (κ3) is 7.96. The molecular weight excluding hydrogens is 473 g/mol. The Kier molecular flexibility index (Phi) is 9.11. The quantitative estimate of drug-likeness (QED) is 0.400. The Morgan fingerprint density at radius 2 is 1.68 bits per heavy atom. The van der Waals surface area contributed by atoms with E-state index in [0.29, 0.717) is 12.1 Å². The molecule has 0 fully saturated rings. The van der Waals surface area contributed by atoms with Crippen LogP contribution in [0.4, 0.5) is 4.39 Å². The van der Waals surface area contributed by atoms with Gasteiger partial charge in [0.25, 0.3) is 5.91 Å². The number of nitrogens with zero attached hydrogens (tertiary/aromatic N) is 1. The molecule has 2 amide bonds. The van der Waals surface area contributed by atoms with E-state index < -0.39 is 35.3 Å². The first kappa shape index (κ1) is 27.5. The van der Waals surface area contributed by atoms with E-state index in [9.17, 15) is 18.8 Å². The summed E-state index contributed by atoms with van der Waals surface area (Å²) in [6.45, 7) is 5.31. The van der Waals surface area contributed by atoms with Crippen molar-refractivity contribution in [3.05, 3.63) is 89.9 Å². The second-order valence-electron chi connectivity index (χ2n) is 9.66. The number of ether oxygens (including phenoxy) is 1. The van der Waals surface area contributed by atoms with E-state index in [-0.39, 0.29) is 17.8 Å². The van der Waals surface area contributed by atoms with E-state index in [2.05, 4.69) is 15.6 Å². The van der Waals surface area contributed by atoms with Crippen LogP contribution in [0.5, 0.6) is 0 Å². The number of rotatable bonds is 10. The third-order valence-electron chi connectivity index (χ3n) is 5.93. The molecule has 37 heavy (non-hydrogen) atoms. The minimum absolute atomic E-state index is 0.0480. The van der Waals surface area contributed by atoms with E-state index in [1.165, 1.54) is 25.4 Å². The van der Waals surface area contributed by atoms with Crippen molar-refractivity contribution in [2.24, 2.45) is 5.92 Å². The molecule has 2 N–H and O–H groups in total. The van der Waals surface area contributed by atoms with Crippen LogP contribution in [-0.2, 0) is 20.7 Å². The Morgan fingerprint density at radius 3 is 2.27 bits per heavy atom. The number of methoxy groups -OCH3 is 1. The highest BCUT2D eigenvalue weighted by molar-refractivity contribution is 5.97. The van der Waals surface area contributed by atoms with Crippen LogP contribution in [-0.4, -0.2) is 41.5 Å². The van der Waals surface area contributed by atoms with Gasteiger partial charge in [0, 0.05) is 17.3 Å². The Hall–Kier alpha value is -4.07. The predicted octanol–water partition coefficient (Wildman–Crippen LogP) is 4.32. The average molecular weight is 506 g/mol. The number of halogens is 1. The fourth-order valence-electron chi connectivity index (χ4n) is 4.01. The lowest BCUT2D eigenvalue weighted by Crippen LogP contribution is -2.54. The van der Waals surface area contributed by atoms with Crippen LogP contribution in [0.2, 0.25) is 0 Å². The van der Waals surface area contributed by atoms with Crippen molar-refractivity contribution in [3.63, 3.8) is 0 Å². The van der Waals surface area contributed by atoms with Gasteiger partial charge in [0.2, 0.25) is 5.91 Å². The minimum atomic E-state index is -0.997. The van der Waals surface area contributed by atoms with E-state index in [1.54, 1.807) is 31.2 Å². The highest BCUT2D eigenvalue weighted by Crippen LogP contribution is 2.18. The molecule has 0 aliphatic rings. The fourth-order valence-corrected chi connectivity index (χ4v) is 4.01. The molecule has 194 valence electrons. The second kappa shape index (κ2) is 12.3. The summed E-state index contributed by atoms with van der Waals surface area (Å²) in [5.74, 6) is -2.37. The van der Waals surface area contributed by atoms with Gasteiger partial charge in [-0.3, -0.25) is 19.4 Å². The van der Waals surface area contributed by atoms with Crippen molar-refractivity contribution in [2.45, 2.75) is 45.2 Å².